The van der Waals surface area contributed by atoms with Crippen LogP contribution in [-0.2, 0) is 14.8 Å². The van der Waals surface area contributed by atoms with Crippen LogP contribution < -0.4 is 9.62 Å². The Hall–Kier alpha value is -2.38. The molecule has 1 unspecified atom stereocenters. The molecule has 2 amide bonds. The molecule has 3 rings (SSSR count). The predicted molar refractivity (Wildman–Crippen MR) is 99.7 cm³/mol. The number of hydrogen-bond acceptors (Lipinski definition) is 4. The third-order valence-corrected chi connectivity index (χ3v) is 6.15. The lowest BCUT2D eigenvalue weighted by Crippen LogP contribution is -2.30. The zero-order valence-electron chi connectivity index (χ0n) is 14.0. The van der Waals surface area contributed by atoms with E-state index in [4.69, 9.17) is 11.6 Å². The van der Waals surface area contributed by atoms with Crippen molar-refractivity contribution >= 4 is 39.1 Å². The molecule has 2 aromatic carbocycles. The van der Waals surface area contributed by atoms with Gasteiger partial charge in [-0.2, -0.15) is 0 Å². The van der Waals surface area contributed by atoms with Gasteiger partial charge in [0.2, 0.25) is 15.9 Å². The summed E-state index contributed by atoms with van der Waals surface area (Å²) in [6.45, 7) is 1.85. The first kappa shape index (κ1) is 18.4. The van der Waals surface area contributed by atoms with E-state index in [-0.39, 0.29) is 40.4 Å². The molecular weight excluding hydrogens is 376 g/mol. The number of rotatable bonds is 4. The van der Waals surface area contributed by atoms with E-state index < -0.39 is 15.9 Å². The van der Waals surface area contributed by atoms with Gasteiger partial charge >= 0.3 is 0 Å². The van der Waals surface area contributed by atoms with Crippen molar-refractivity contribution in [2.24, 2.45) is 0 Å². The SMILES string of the molecule is CC(NC(=O)c1ccc(Cl)c(N2C(=O)CCS2(=O)=O)c1)c1ccccc1. The highest BCUT2D eigenvalue weighted by molar-refractivity contribution is 7.94. The molecule has 26 heavy (non-hydrogen) atoms. The highest BCUT2D eigenvalue weighted by atomic mass is 35.5. The van der Waals surface area contributed by atoms with Crippen molar-refractivity contribution < 1.29 is 18.0 Å². The number of nitrogens with zero attached hydrogens (tertiary/aromatic N) is 1. The summed E-state index contributed by atoms with van der Waals surface area (Å²) in [5, 5.41) is 2.94. The summed E-state index contributed by atoms with van der Waals surface area (Å²) in [5.41, 5.74) is 1.17. The minimum absolute atomic E-state index is 0.00850. The fourth-order valence-corrected chi connectivity index (χ4v) is 4.48. The number of carbonyl (C=O) groups excluding carboxylic acids is 2. The number of benzene rings is 2. The molecule has 6 nitrogen and oxygen atoms in total. The van der Waals surface area contributed by atoms with Crippen molar-refractivity contribution in [2.75, 3.05) is 10.1 Å². The smallest absolute Gasteiger partial charge is 0.251 e. The van der Waals surface area contributed by atoms with Crippen molar-refractivity contribution in [3.05, 3.63) is 64.7 Å². The Bertz CT molecular complexity index is 960. The van der Waals surface area contributed by atoms with Gasteiger partial charge in [0.05, 0.1) is 22.5 Å². The Morgan fingerprint density at radius 1 is 1.19 bits per heavy atom. The van der Waals surface area contributed by atoms with Crippen LogP contribution in [0.5, 0.6) is 0 Å². The molecule has 1 atom stereocenters. The molecule has 0 radical (unpaired) electrons. The summed E-state index contributed by atoms with van der Waals surface area (Å²) in [7, 11) is -3.75. The molecule has 0 aliphatic carbocycles. The summed E-state index contributed by atoms with van der Waals surface area (Å²) in [4.78, 5) is 24.5. The number of halogens is 1. The van der Waals surface area contributed by atoms with Crippen LogP contribution in [0.3, 0.4) is 0 Å². The van der Waals surface area contributed by atoms with Gasteiger partial charge in [-0.05, 0) is 30.7 Å². The molecule has 8 heteroatoms. The van der Waals surface area contributed by atoms with Crippen molar-refractivity contribution in [3.63, 3.8) is 0 Å². The molecule has 136 valence electrons. The van der Waals surface area contributed by atoms with E-state index in [9.17, 15) is 18.0 Å². The maximum absolute atomic E-state index is 12.5. The van der Waals surface area contributed by atoms with Crippen LogP contribution in [-0.4, -0.2) is 26.0 Å². The first-order chi connectivity index (χ1) is 12.3. The Labute approximate surface area is 156 Å². The van der Waals surface area contributed by atoms with Crippen LogP contribution in [0.4, 0.5) is 5.69 Å². The van der Waals surface area contributed by atoms with E-state index in [0.29, 0.717) is 4.31 Å². The Morgan fingerprint density at radius 2 is 1.88 bits per heavy atom. The summed E-state index contributed by atoms with van der Waals surface area (Å²) in [6, 6.07) is 13.4. The average Bonchev–Trinajstić information content (AvgIpc) is 2.89. The zero-order valence-corrected chi connectivity index (χ0v) is 15.5. The van der Waals surface area contributed by atoms with E-state index in [2.05, 4.69) is 5.32 Å². The van der Waals surface area contributed by atoms with E-state index in [1.54, 1.807) is 0 Å². The molecule has 1 fully saturated rings. The van der Waals surface area contributed by atoms with Gasteiger partial charge in [0, 0.05) is 12.0 Å². The van der Waals surface area contributed by atoms with Crippen LogP contribution in [0.2, 0.25) is 5.02 Å². The quantitative estimate of drug-likeness (QED) is 0.867. The summed E-state index contributed by atoms with van der Waals surface area (Å²) < 4.78 is 24.9. The highest BCUT2D eigenvalue weighted by Gasteiger charge is 2.37. The van der Waals surface area contributed by atoms with E-state index >= 15 is 0 Å². The molecule has 2 aromatic rings. The zero-order chi connectivity index (χ0) is 18.9. The Balaban J connectivity index is 1.88. The molecule has 1 N–H and O–H groups in total. The van der Waals surface area contributed by atoms with Crippen molar-refractivity contribution in [2.45, 2.75) is 19.4 Å². The maximum atomic E-state index is 12.5. The lowest BCUT2D eigenvalue weighted by molar-refractivity contribution is -0.116. The first-order valence-corrected chi connectivity index (χ1v) is 9.99. The van der Waals surface area contributed by atoms with Gasteiger partial charge in [0.1, 0.15) is 0 Å². The predicted octanol–water partition coefficient (Wildman–Crippen LogP) is 2.90. The van der Waals surface area contributed by atoms with E-state index in [1.165, 1.54) is 18.2 Å². The fourth-order valence-electron chi connectivity index (χ4n) is 2.76. The van der Waals surface area contributed by atoms with E-state index in [0.717, 1.165) is 5.56 Å². The molecule has 0 saturated carbocycles. The fraction of sp³-hybridized carbons (Fsp3) is 0.222. The van der Waals surface area contributed by atoms with Crippen LogP contribution in [0.1, 0.15) is 35.3 Å². The number of anilines is 1. The number of nitrogens with one attached hydrogen (secondary N) is 1. The second-order valence-electron chi connectivity index (χ2n) is 6.00. The lowest BCUT2D eigenvalue weighted by atomic mass is 10.1. The van der Waals surface area contributed by atoms with Crippen LogP contribution >= 0.6 is 11.6 Å². The van der Waals surface area contributed by atoms with Gasteiger partial charge in [-0.25, -0.2) is 12.7 Å². The molecular formula is C18H17ClN2O4S. The minimum Gasteiger partial charge on any atom is -0.346 e. The van der Waals surface area contributed by atoms with Gasteiger partial charge < -0.3 is 5.32 Å². The molecule has 0 aromatic heterocycles. The molecule has 1 heterocycles. The normalized spacial score (nSPS) is 17.2. The lowest BCUT2D eigenvalue weighted by Gasteiger charge is -2.18. The molecule has 1 aliphatic heterocycles. The third kappa shape index (κ3) is 3.59. The number of amides is 2. The van der Waals surface area contributed by atoms with Gasteiger partial charge in [-0.3, -0.25) is 9.59 Å². The highest BCUT2D eigenvalue weighted by Crippen LogP contribution is 2.33. The van der Waals surface area contributed by atoms with Crippen molar-refractivity contribution in [3.8, 4) is 0 Å². The molecule has 1 aliphatic rings. The Morgan fingerprint density at radius 3 is 2.50 bits per heavy atom. The number of sulfonamides is 1. The van der Waals surface area contributed by atoms with Crippen LogP contribution in [0.15, 0.2) is 48.5 Å². The minimum atomic E-state index is -3.75. The Kier molecular flexibility index (Phi) is 5.02. The van der Waals surface area contributed by atoms with Crippen LogP contribution in [0.25, 0.3) is 0 Å². The first-order valence-electron chi connectivity index (χ1n) is 8.01. The van der Waals surface area contributed by atoms with Crippen molar-refractivity contribution in [1.82, 2.24) is 5.32 Å². The van der Waals surface area contributed by atoms with Gasteiger partial charge in [0.15, 0.2) is 0 Å². The van der Waals surface area contributed by atoms with Crippen LogP contribution in [0, 0.1) is 0 Å². The second kappa shape index (κ2) is 7.09. The van der Waals surface area contributed by atoms with Crippen molar-refractivity contribution in [1.29, 1.82) is 0 Å². The summed E-state index contributed by atoms with van der Waals surface area (Å²) in [5.74, 6) is -1.20. The topological polar surface area (TPSA) is 83.6 Å². The average molecular weight is 393 g/mol. The summed E-state index contributed by atoms with van der Waals surface area (Å²) >= 11 is 6.09. The van der Waals surface area contributed by atoms with E-state index in [1.807, 2.05) is 37.3 Å². The summed E-state index contributed by atoms with van der Waals surface area (Å²) in [6.07, 6.45) is -0.0971. The monoisotopic (exact) mass is 392 g/mol. The second-order valence-corrected chi connectivity index (χ2v) is 8.34. The number of hydrogen-bond donors (Lipinski definition) is 1. The number of carbonyl (C=O) groups is 2. The standard InChI is InChI=1S/C18H17ClN2O4S/c1-12(13-5-3-2-4-6-13)20-18(23)14-7-8-15(19)16(11-14)21-17(22)9-10-26(21,24)25/h2-8,11-12H,9-10H2,1H3,(H,20,23). The van der Waals surface area contributed by atoms with Gasteiger partial charge in [-0.15, -0.1) is 0 Å². The maximum Gasteiger partial charge on any atom is 0.251 e. The van der Waals surface area contributed by atoms with Gasteiger partial charge in [0.25, 0.3) is 5.91 Å². The largest absolute Gasteiger partial charge is 0.346 e. The molecule has 1 saturated heterocycles. The third-order valence-electron chi connectivity index (χ3n) is 4.15. The molecule has 0 spiro atoms. The molecule has 0 bridgehead atoms. The van der Waals surface area contributed by atoms with Gasteiger partial charge in [-0.1, -0.05) is 41.9 Å².